The molecule has 5 nitrogen and oxygen atoms in total. The van der Waals surface area contributed by atoms with Gasteiger partial charge in [0.1, 0.15) is 6.61 Å². The van der Waals surface area contributed by atoms with Gasteiger partial charge in [-0.15, -0.1) is 0 Å². The van der Waals surface area contributed by atoms with E-state index in [0.29, 0.717) is 25.3 Å². The predicted molar refractivity (Wildman–Crippen MR) is 107 cm³/mol. The molecular formula is C22H33FN2O3. The van der Waals surface area contributed by atoms with Gasteiger partial charge in [-0.2, -0.15) is 0 Å². The molecule has 1 aliphatic carbocycles. The normalized spacial score (nSPS) is 19.5. The van der Waals surface area contributed by atoms with E-state index in [1.54, 1.807) is 30.1 Å². The number of halogens is 1. The van der Waals surface area contributed by atoms with Gasteiger partial charge in [-0.25, -0.2) is 4.39 Å². The fourth-order valence-corrected chi connectivity index (χ4v) is 3.97. The summed E-state index contributed by atoms with van der Waals surface area (Å²) in [4.78, 5) is 16.3. The second-order valence-corrected chi connectivity index (χ2v) is 7.97. The number of ether oxygens (including phenoxy) is 2. The third-order valence-electron chi connectivity index (χ3n) is 5.78. The zero-order valence-electron chi connectivity index (χ0n) is 16.9. The van der Waals surface area contributed by atoms with Crippen molar-refractivity contribution in [3.05, 3.63) is 30.1 Å². The Balaban J connectivity index is 1.31. The summed E-state index contributed by atoms with van der Waals surface area (Å²) in [5.74, 6) is -0.0815. The van der Waals surface area contributed by atoms with Gasteiger partial charge in [0.25, 0.3) is 0 Å². The quantitative estimate of drug-likeness (QED) is 0.679. The van der Waals surface area contributed by atoms with Gasteiger partial charge in [0.15, 0.2) is 11.6 Å². The van der Waals surface area contributed by atoms with Crippen molar-refractivity contribution in [2.45, 2.75) is 57.2 Å². The molecule has 28 heavy (non-hydrogen) atoms. The largest absolute Gasteiger partial charge is 0.489 e. The molecule has 1 amide bonds. The van der Waals surface area contributed by atoms with E-state index in [0.717, 1.165) is 25.9 Å². The lowest BCUT2D eigenvalue weighted by Gasteiger charge is -2.35. The average Bonchev–Trinajstić information content (AvgIpc) is 2.71. The van der Waals surface area contributed by atoms with Crippen LogP contribution >= 0.6 is 0 Å². The second kappa shape index (κ2) is 10.8. The molecule has 0 atom stereocenters. The third kappa shape index (κ3) is 6.45. The van der Waals surface area contributed by atoms with E-state index in [-0.39, 0.29) is 24.1 Å². The van der Waals surface area contributed by atoms with Crippen molar-refractivity contribution in [2.75, 3.05) is 39.8 Å². The van der Waals surface area contributed by atoms with Gasteiger partial charge >= 0.3 is 0 Å². The Hall–Kier alpha value is -1.66. The fraction of sp³-hybridized carbons (Fsp3) is 0.682. The van der Waals surface area contributed by atoms with Crippen LogP contribution < -0.4 is 4.74 Å². The molecule has 0 unspecified atom stereocenters. The molecule has 2 aliphatic rings. The van der Waals surface area contributed by atoms with E-state index in [4.69, 9.17) is 9.47 Å². The van der Waals surface area contributed by atoms with E-state index in [1.165, 1.54) is 38.2 Å². The maximum Gasteiger partial charge on any atom is 0.236 e. The molecule has 1 aliphatic heterocycles. The summed E-state index contributed by atoms with van der Waals surface area (Å²) in [5, 5.41) is 0. The summed E-state index contributed by atoms with van der Waals surface area (Å²) >= 11 is 0. The Morgan fingerprint density at radius 3 is 2.50 bits per heavy atom. The summed E-state index contributed by atoms with van der Waals surface area (Å²) in [6, 6.07) is 6.32. The minimum absolute atomic E-state index is 0.0729. The standard InChI is InChI=1S/C22H33FN2O3/c1-24(15-16-27-21-10-6-5-9-20(21)23)22(26)17-25-13-11-19(12-14-25)28-18-7-3-2-4-8-18/h5-6,9-10,18-19H,2-4,7-8,11-17H2,1H3. The van der Waals surface area contributed by atoms with Crippen LogP contribution in [-0.4, -0.2) is 67.7 Å². The number of likely N-dealkylation sites (tertiary alicyclic amines) is 1. The Labute approximate surface area is 167 Å². The topological polar surface area (TPSA) is 42.0 Å². The molecular weight excluding hydrogens is 359 g/mol. The first kappa shape index (κ1) is 21.1. The molecule has 1 aromatic rings. The summed E-state index contributed by atoms with van der Waals surface area (Å²) in [6.45, 7) is 2.95. The van der Waals surface area contributed by atoms with Crippen LogP contribution in [0.5, 0.6) is 5.75 Å². The number of hydrogen-bond donors (Lipinski definition) is 0. The number of nitrogens with zero attached hydrogens (tertiary/aromatic N) is 2. The number of rotatable bonds is 8. The highest BCUT2D eigenvalue weighted by Gasteiger charge is 2.25. The lowest BCUT2D eigenvalue weighted by atomic mass is 9.97. The third-order valence-corrected chi connectivity index (χ3v) is 5.78. The average molecular weight is 393 g/mol. The molecule has 1 aromatic carbocycles. The van der Waals surface area contributed by atoms with Crippen LogP contribution in [0.1, 0.15) is 44.9 Å². The van der Waals surface area contributed by atoms with E-state index < -0.39 is 0 Å². The Bertz CT molecular complexity index is 614. The van der Waals surface area contributed by atoms with E-state index in [1.807, 2.05) is 0 Å². The zero-order chi connectivity index (χ0) is 19.8. The van der Waals surface area contributed by atoms with E-state index in [2.05, 4.69) is 4.90 Å². The first-order valence-corrected chi connectivity index (χ1v) is 10.6. The minimum atomic E-state index is -0.380. The van der Waals surface area contributed by atoms with Crippen LogP contribution in [0.2, 0.25) is 0 Å². The lowest BCUT2D eigenvalue weighted by Crippen LogP contribution is -2.45. The SMILES string of the molecule is CN(CCOc1ccccc1F)C(=O)CN1CCC(OC2CCCCC2)CC1. The molecule has 0 aromatic heterocycles. The van der Waals surface area contributed by atoms with E-state index in [9.17, 15) is 9.18 Å². The molecule has 1 saturated carbocycles. The molecule has 0 spiro atoms. The van der Waals surface area contributed by atoms with Crippen molar-refractivity contribution in [2.24, 2.45) is 0 Å². The van der Waals surface area contributed by atoms with E-state index >= 15 is 0 Å². The first-order chi connectivity index (χ1) is 13.6. The summed E-state index contributed by atoms with van der Waals surface area (Å²) < 4.78 is 25.2. The van der Waals surface area contributed by atoms with Crippen molar-refractivity contribution >= 4 is 5.91 Å². The molecule has 0 bridgehead atoms. The molecule has 1 saturated heterocycles. The Morgan fingerprint density at radius 1 is 1.11 bits per heavy atom. The van der Waals surface area contributed by atoms with Gasteiger partial charge in [0.05, 0.1) is 25.3 Å². The fourth-order valence-electron chi connectivity index (χ4n) is 3.97. The second-order valence-electron chi connectivity index (χ2n) is 7.97. The van der Waals surface area contributed by atoms with Crippen LogP contribution in [0.25, 0.3) is 0 Å². The predicted octanol–water partition coefficient (Wildman–Crippen LogP) is 3.48. The number of para-hydroxylation sites is 1. The number of carbonyl (C=O) groups excluding carboxylic acids is 1. The number of carbonyl (C=O) groups is 1. The van der Waals surface area contributed by atoms with Crippen molar-refractivity contribution in [1.82, 2.24) is 9.80 Å². The van der Waals surface area contributed by atoms with Crippen LogP contribution in [0.3, 0.4) is 0 Å². The molecule has 2 fully saturated rings. The lowest BCUT2D eigenvalue weighted by molar-refractivity contribution is -0.132. The summed E-state index contributed by atoms with van der Waals surface area (Å²) in [5.41, 5.74) is 0. The highest BCUT2D eigenvalue weighted by molar-refractivity contribution is 5.78. The highest BCUT2D eigenvalue weighted by Crippen LogP contribution is 2.24. The van der Waals surface area contributed by atoms with Gasteiger partial charge in [-0.05, 0) is 37.8 Å². The zero-order valence-corrected chi connectivity index (χ0v) is 16.9. The Morgan fingerprint density at radius 2 is 1.79 bits per heavy atom. The molecule has 1 heterocycles. The van der Waals surface area contributed by atoms with Crippen LogP contribution in [0, 0.1) is 5.82 Å². The number of hydrogen-bond acceptors (Lipinski definition) is 4. The van der Waals surface area contributed by atoms with Gasteiger partial charge in [0, 0.05) is 20.1 Å². The van der Waals surface area contributed by atoms with Crippen molar-refractivity contribution in [1.29, 1.82) is 0 Å². The number of piperidine rings is 1. The van der Waals surface area contributed by atoms with Crippen LogP contribution in [0.15, 0.2) is 24.3 Å². The highest BCUT2D eigenvalue weighted by atomic mass is 19.1. The van der Waals surface area contributed by atoms with Crippen molar-refractivity contribution in [3.63, 3.8) is 0 Å². The maximum absolute atomic E-state index is 13.5. The molecule has 156 valence electrons. The van der Waals surface area contributed by atoms with Gasteiger partial charge in [-0.1, -0.05) is 31.4 Å². The first-order valence-electron chi connectivity index (χ1n) is 10.6. The van der Waals surface area contributed by atoms with Gasteiger partial charge in [0.2, 0.25) is 5.91 Å². The Kier molecular flexibility index (Phi) is 8.10. The molecule has 6 heteroatoms. The number of amides is 1. The van der Waals surface area contributed by atoms with Crippen molar-refractivity contribution < 1.29 is 18.7 Å². The molecule has 0 radical (unpaired) electrons. The minimum Gasteiger partial charge on any atom is -0.489 e. The summed E-state index contributed by atoms with van der Waals surface area (Å²) in [6.07, 6.45) is 9.16. The number of benzene rings is 1. The summed E-state index contributed by atoms with van der Waals surface area (Å²) in [7, 11) is 1.77. The molecule has 0 N–H and O–H groups in total. The maximum atomic E-state index is 13.5. The van der Waals surface area contributed by atoms with Crippen LogP contribution in [-0.2, 0) is 9.53 Å². The molecule has 3 rings (SSSR count). The van der Waals surface area contributed by atoms with Gasteiger partial charge in [-0.3, -0.25) is 9.69 Å². The monoisotopic (exact) mass is 392 g/mol. The van der Waals surface area contributed by atoms with Gasteiger partial charge < -0.3 is 14.4 Å². The number of likely N-dealkylation sites (N-methyl/N-ethyl adjacent to an activating group) is 1. The van der Waals surface area contributed by atoms with Crippen molar-refractivity contribution in [3.8, 4) is 5.75 Å². The smallest absolute Gasteiger partial charge is 0.236 e. The van der Waals surface area contributed by atoms with Crippen LogP contribution in [0.4, 0.5) is 4.39 Å².